The lowest BCUT2D eigenvalue weighted by Crippen LogP contribution is -2.06. The molecule has 0 radical (unpaired) electrons. The Morgan fingerprint density at radius 3 is 3.05 bits per heavy atom. The predicted molar refractivity (Wildman–Crippen MR) is 80.8 cm³/mol. The molecular weight excluding hydrogens is 286 g/mol. The standard InChI is InChI=1S/C15H15N3O2S/c1-2-20-13(19)6-4-10-3-5-12-11(9-10)18-14-15(21-12)17-8-7-16-14/h3,5,7-9H,2,4,6H2,1H3,(H,16,18). The van der Waals surface area contributed by atoms with Gasteiger partial charge in [0.25, 0.3) is 0 Å². The molecule has 1 aliphatic heterocycles. The van der Waals surface area contributed by atoms with Crippen LogP contribution in [-0.2, 0) is 16.0 Å². The second kappa shape index (κ2) is 6.13. The van der Waals surface area contributed by atoms with Crippen molar-refractivity contribution in [2.75, 3.05) is 11.9 Å². The summed E-state index contributed by atoms with van der Waals surface area (Å²) in [7, 11) is 0. The van der Waals surface area contributed by atoms with Crippen LogP contribution >= 0.6 is 11.8 Å². The first kappa shape index (κ1) is 13.9. The van der Waals surface area contributed by atoms with Gasteiger partial charge in [-0.2, -0.15) is 0 Å². The van der Waals surface area contributed by atoms with Gasteiger partial charge in [0.2, 0.25) is 0 Å². The Balaban J connectivity index is 1.73. The zero-order chi connectivity index (χ0) is 14.7. The molecule has 5 nitrogen and oxygen atoms in total. The smallest absolute Gasteiger partial charge is 0.306 e. The highest BCUT2D eigenvalue weighted by atomic mass is 32.2. The van der Waals surface area contributed by atoms with E-state index in [4.69, 9.17) is 4.74 Å². The van der Waals surface area contributed by atoms with Crippen LogP contribution in [0.1, 0.15) is 18.9 Å². The first-order valence-corrected chi connectivity index (χ1v) is 7.62. The second-order valence-electron chi connectivity index (χ2n) is 4.57. The van der Waals surface area contributed by atoms with Gasteiger partial charge in [0, 0.05) is 23.7 Å². The average Bonchev–Trinajstić information content (AvgIpc) is 2.51. The van der Waals surface area contributed by atoms with E-state index >= 15 is 0 Å². The number of carbonyl (C=O) groups excluding carboxylic acids is 1. The third kappa shape index (κ3) is 3.16. The lowest BCUT2D eigenvalue weighted by atomic mass is 10.1. The summed E-state index contributed by atoms with van der Waals surface area (Å²) in [4.78, 5) is 21.1. The summed E-state index contributed by atoms with van der Waals surface area (Å²) in [5.41, 5.74) is 2.11. The van der Waals surface area contributed by atoms with Crippen LogP contribution < -0.4 is 5.32 Å². The zero-order valence-electron chi connectivity index (χ0n) is 11.6. The normalized spacial score (nSPS) is 12.0. The molecule has 0 aliphatic carbocycles. The van der Waals surface area contributed by atoms with Crippen LogP contribution in [0.3, 0.4) is 0 Å². The van der Waals surface area contributed by atoms with E-state index in [0.717, 1.165) is 27.0 Å². The molecule has 0 atom stereocenters. The Morgan fingerprint density at radius 1 is 1.33 bits per heavy atom. The summed E-state index contributed by atoms with van der Waals surface area (Å²) in [6.45, 7) is 2.24. The fraction of sp³-hybridized carbons (Fsp3) is 0.267. The highest BCUT2D eigenvalue weighted by molar-refractivity contribution is 7.99. The summed E-state index contributed by atoms with van der Waals surface area (Å²) in [5, 5.41) is 4.16. The first-order valence-electron chi connectivity index (χ1n) is 6.80. The number of hydrogen-bond donors (Lipinski definition) is 1. The monoisotopic (exact) mass is 301 g/mol. The van der Waals surface area contributed by atoms with Gasteiger partial charge in [-0.05, 0) is 31.0 Å². The van der Waals surface area contributed by atoms with Crippen molar-refractivity contribution in [3.05, 3.63) is 36.2 Å². The number of aromatic nitrogens is 2. The second-order valence-corrected chi connectivity index (χ2v) is 5.60. The number of nitrogens with zero attached hydrogens (tertiary/aromatic N) is 2. The molecule has 2 aromatic rings. The summed E-state index contributed by atoms with van der Waals surface area (Å²) < 4.78 is 4.95. The van der Waals surface area contributed by atoms with Gasteiger partial charge in [-0.25, -0.2) is 9.97 Å². The molecule has 0 bridgehead atoms. The van der Waals surface area contributed by atoms with Gasteiger partial charge in [-0.15, -0.1) is 0 Å². The van der Waals surface area contributed by atoms with E-state index in [9.17, 15) is 4.79 Å². The molecule has 0 spiro atoms. The first-order chi connectivity index (χ1) is 10.3. The van der Waals surface area contributed by atoms with Crippen molar-refractivity contribution in [3.8, 4) is 0 Å². The quantitative estimate of drug-likeness (QED) is 0.747. The molecule has 6 heteroatoms. The number of aryl methyl sites for hydroxylation is 1. The summed E-state index contributed by atoms with van der Waals surface area (Å²) >= 11 is 1.60. The predicted octanol–water partition coefficient (Wildman–Crippen LogP) is 3.18. The molecule has 0 unspecified atom stereocenters. The van der Waals surface area contributed by atoms with E-state index in [1.807, 2.05) is 19.1 Å². The Kier molecular flexibility index (Phi) is 4.06. The maximum atomic E-state index is 11.4. The molecule has 0 saturated carbocycles. The fourth-order valence-electron chi connectivity index (χ4n) is 2.12. The van der Waals surface area contributed by atoms with Crippen molar-refractivity contribution in [2.24, 2.45) is 0 Å². The molecule has 0 fully saturated rings. The van der Waals surface area contributed by atoms with Crippen LogP contribution in [0.5, 0.6) is 0 Å². The van der Waals surface area contributed by atoms with Gasteiger partial charge in [-0.3, -0.25) is 4.79 Å². The van der Waals surface area contributed by atoms with Crippen LogP contribution in [0.2, 0.25) is 0 Å². The van der Waals surface area contributed by atoms with Gasteiger partial charge < -0.3 is 10.1 Å². The molecule has 21 heavy (non-hydrogen) atoms. The lowest BCUT2D eigenvalue weighted by molar-refractivity contribution is -0.143. The number of nitrogens with one attached hydrogen (secondary N) is 1. The number of anilines is 2. The van der Waals surface area contributed by atoms with Gasteiger partial charge in [0.15, 0.2) is 5.82 Å². The van der Waals surface area contributed by atoms with E-state index in [-0.39, 0.29) is 5.97 Å². The zero-order valence-corrected chi connectivity index (χ0v) is 12.4. The third-order valence-electron chi connectivity index (χ3n) is 3.09. The van der Waals surface area contributed by atoms with Gasteiger partial charge in [0.1, 0.15) is 5.03 Å². The highest BCUT2D eigenvalue weighted by Crippen LogP contribution is 2.42. The van der Waals surface area contributed by atoms with Crippen LogP contribution in [-0.4, -0.2) is 22.5 Å². The van der Waals surface area contributed by atoms with Gasteiger partial charge >= 0.3 is 5.97 Å². The number of benzene rings is 1. The minimum absolute atomic E-state index is 0.159. The summed E-state index contributed by atoms with van der Waals surface area (Å²) in [6, 6.07) is 6.14. The van der Waals surface area contributed by atoms with Crippen molar-refractivity contribution >= 4 is 29.2 Å². The molecule has 1 aliphatic rings. The van der Waals surface area contributed by atoms with Gasteiger partial charge in [-0.1, -0.05) is 17.8 Å². The summed E-state index contributed by atoms with van der Waals surface area (Å²) in [5.74, 6) is 0.617. The maximum absolute atomic E-state index is 11.4. The molecule has 2 heterocycles. The van der Waals surface area contributed by atoms with Gasteiger partial charge in [0.05, 0.1) is 12.3 Å². The lowest BCUT2D eigenvalue weighted by Gasteiger charge is -2.19. The Labute approximate surface area is 127 Å². The SMILES string of the molecule is CCOC(=O)CCc1ccc2c(c1)Nc1nccnc1S2. The molecule has 0 saturated heterocycles. The molecule has 108 valence electrons. The fourth-order valence-corrected chi connectivity index (χ4v) is 2.99. The molecule has 3 rings (SSSR count). The topological polar surface area (TPSA) is 64.1 Å². The minimum atomic E-state index is -0.159. The molecular formula is C15H15N3O2S. The van der Waals surface area contributed by atoms with E-state index in [2.05, 4.69) is 21.4 Å². The van der Waals surface area contributed by atoms with Crippen molar-refractivity contribution in [3.63, 3.8) is 0 Å². The molecule has 0 amide bonds. The molecule has 1 N–H and O–H groups in total. The average molecular weight is 301 g/mol. The number of fused-ring (bicyclic) bond motifs is 2. The minimum Gasteiger partial charge on any atom is -0.466 e. The number of carbonyl (C=O) groups is 1. The van der Waals surface area contributed by atoms with Crippen molar-refractivity contribution in [2.45, 2.75) is 29.7 Å². The Morgan fingerprint density at radius 2 is 2.19 bits per heavy atom. The van der Waals surface area contributed by atoms with E-state index in [1.165, 1.54) is 0 Å². The van der Waals surface area contributed by atoms with E-state index in [1.54, 1.807) is 24.2 Å². The van der Waals surface area contributed by atoms with Crippen molar-refractivity contribution in [1.29, 1.82) is 0 Å². The van der Waals surface area contributed by atoms with Crippen LogP contribution in [0.4, 0.5) is 11.5 Å². The van der Waals surface area contributed by atoms with Crippen LogP contribution in [0, 0.1) is 0 Å². The molecule has 1 aromatic carbocycles. The van der Waals surface area contributed by atoms with E-state index < -0.39 is 0 Å². The third-order valence-corrected chi connectivity index (χ3v) is 4.16. The largest absolute Gasteiger partial charge is 0.466 e. The number of esters is 1. The van der Waals surface area contributed by atoms with Crippen LogP contribution in [0.15, 0.2) is 40.5 Å². The van der Waals surface area contributed by atoms with Crippen molar-refractivity contribution in [1.82, 2.24) is 9.97 Å². The highest BCUT2D eigenvalue weighted by Gasteiger charge is 2.17. The van der Waals surface area contributed by atoms with E-state index in [0.29, 0.717) is 19.4 Å². The van der Waals surface area contributed by atoms with Crippen LogP contribution in [0.25, 0.3) is 0 Å². The number of hydrogen-bond acceptors (Lipinski definition) is 6. The molecule has 1 aromatic heterocycles. The Hall–Kier alpha value is -2.08. The number of rotatable bonds is 4. The Bertz CT molecular complexity index is 676. The maximum Gasteiger partial charge on any atom is 0.306 e. The number of ether oxygens (including phenoxy) is 1. The summed E-state index contributed by atoms with van der Waals surface area (Å²) in [6.07, 6.45) is 4.43. The van der Waals surface area contributed by atoms with Crippen molar-refractivity contribution < 1.29 is 9.53 Å².